The first kappa shape index (κ1) is 16.5. The molecule has 1 N–H and O–H groups in total. The van der Waals surface area contributed by atoms with Gasteiger partial charge in [0.1, 0.15) is 5.54 Å². The predicted molar refractivity (Wildman–Crippen MR) is 92.1 cm³/mol. The molecule has 4 nitrogen and oxygen atoms in total. The van der Waals surface area contributed by atoms with Crippen molar-refractivity contribution in [3.8, 4) is 0 Å². The third-order valence-electron chi connectivity index (χ3n) is 5.46. The molecule has 0 radical (unpaired) electrons. The molecular weight excluding hydrogens is 308 g/mol. The molecule has 1 saturated heterocycles. The standard InChI is InChI=1S/C18H26N2O2S/c1-13-5-7-14(8-6-13)19-17(22)18(2)10-9-16(21)20(18)12-15-4-3-11-23-15/h3-4,11,13-14H,5-10,12H2,1-2H3,(H,19,22). The van der Waals surface area contributed by atoms with Crippen LogP contribution in [0.25, 0.3) is 0 Å². The van der Waals surface area contributed by atoms with Crippen molar-refractivity contribution in [2.24, 2.45) is 5.92 Å². The van der Waals surface area contributed by atoms with Crippen LogP contribution in [0, 0.1) is 5.92 Å². The van der Waals surface area contributed by atoms with Gasteiger partial charge in [-0.25, -0.2) is 0 Å². The van der Waals surface area contributed by atoms with Crippen LogP contribution in [-0.2, 0) is 16.1 Å². The van der Waals surface area contributed by atoms with E-state index in [0.717, 1.165) is 23.6 Å². The van der Waals surface area contributed by atoms with Crippen molar-refractivity contribution in [2.75, 3.05) is 0 Å². The highest BCUT2D eigenvalue weighted by atomic mass is 32.1. The molecule has 3 rings (SSSR count). The van der Waals surface area contributed by atoms with Crippen LogP contribution in [0.2, 0.25) is 0 Å². The van der Waals surface area contributed by atoms with Gasteiger partial charge in [0, 0.05) is 17.3 Å². The third-order valence-corrected chi connectivity index (χ3v) is 6.32. The van der Waals surface area contributed by atoms with Gasteiger partial charge in [-0.05, 0) is 56.4 Å². The molecule has 1 aliphatic heterocycles. The SMILES string of the molecule is CC1CCC(NC(=O)C2(C)CCC(=O)N2Cc2cccs2)CC1. The zero-order valence-corrected chi connectivity index (χ0v) is 14.8. The number of amides is 2. The van der Waals surface area contributed by atoms with Crippen LogP contribution in [0.1, 0.15) is 57.2 Å². The van der Waals surface area contributed by atoms with Gasteiger partial charge in [-0.3, -0.25) is 9.59 Å². The first-order chi connectivity index (χ1) is 11.0. The van der Waals surface area contributed by atoms with Crippen LogP contribution in [0.15, 0.2) is 17.5 Å². The number of carbonyl (C=O) groups is 2. The summed E-state index contributed by atoms with van der Waals surface area (Å²) in [5, 5.41) is 5.23. The second kappa shape index (κ2) is 6.63. The lowest BCUT2D eigenvalue weighted by Gasteiger charge is -2.36. The number of hydrogen-bond donors (Lipinski definition) is 1. The van der Waals surface area contributed by atoms with Crippen molar-refractivity contribution < 1.29 is 9.59 Å². The van der Waals surface area contributed by atoms with E-state index >= 15 is 0 Å². The minimum Gasteiger partial charge on any atom is -0.351 e. The minimum atomic E-state index is -0.704. The zero-order chi connectivity index (χ0) is 16.4. The second-order valence-corrected chi connectivity index (χ2v) is 8.30. The number of nitrogens with one attached hydrogen (secondary N) is 1. The molecular formula is C18H26N2O2S. The smallest absolute Gasteiger partial charge is 0.245 e. The number of likely N-dealkylation sites (tertiary alicyclic amines) is 1. The quantitative estimate of drug-likeness (QED) is 0.918. The maximum absolute atomic E-state index is 12.9. The Morgan fingerprint density at radius 1 is 1.39 bits per heavy atom. The van der Waals surface area contributed by atoms with Crippen LogP contribution < -0.4 is 5.32 Å². The van der Waals surface area contributed by atoms with Gasteiger partial charge >= 0.3 is 0 Å². The summed E-state index contributed by atoms with van der Waals surface area (Å²) in [4.78, 5) is 28.1. The van der Waals surface area contributed by atoms with Crippen molar-refractivity contribution in [1.29, 1.82) is 0 Å². The highest BCUT2D eigenvalue weighted by Gasteiger charge is 2.47. The lowest BCUT2D eigenvalue weighted by Crippen LogP contribution is -2.56. The van der Waals surface area contributed by atoms with Gasteiger partial charge in [-0.15, -0.1) is 11.3 Å². The summed E-state index contributed by atoms with van der Waals surface area (Å²) in [6.07, 6.45) is 5.56. The van der Waals surface area contributed by atoms with Crippen molar-refractivity contribution in [1.82, 2.24) is 10.2 Å². The summed E-state index contributed by atoms with van der Waals surface area (Å²) in [5.74, 6) is 0.884. The third kappa shape index (κ3) is 3.44. The number of carbonyl (C=O) groups excluding carboxylic acids is 2. The van der Waals surface area contributed by atoms with Crippen LogP contribution in [-0.4, -0.2) is 28.3 Å². The Balaban J connectivity index is 1.68. The number of thiophene rings is 1. The molecule has 1 aliphatic carbocycles. The average molecular weight is 334 g/mol. The van der Waals surface area contributed by atoms with Gasteiger partial charge in [-0.1, -0.05) is 13.0 Å². The molecule has 1 aromatic heterocycles. The lowest BCUT2D eigenvalue weighted by atomic mass is 9.86. The fourth-order valence-corrected chi connectivity index (χ4v) is 4.39. The topological polar surface area (TPSA) is 49.4 Å². The van der Waals surface area contributed by atoms with E-state index in [0.29, 0.717) is 19.4 Å². The van der Waals surface area contributed by atoms with E-state index < -0.39 is 5.54 Å². The Morgan fingerprint density at radius 3 is 2.78 bits per heavy atom. The largest absolute Gasteiger partial charge is 0.351 e. The van der Waals surface area contributed by atoms with Gasteiger partial charge in [0.2, 0.25) is 11.8 Å². The molecule has 1 unspecified atom stereocenters. The molecule has 1 saturated carbocycles. The van der Waals surface area contributed by atoms with Gasteiger partial charge in [0.15, 0.2) is 0 Å². The van der Waals surface area contributed by atoms with E-state index in [1.807, 2.05) is 24.4 Å². The summed E-state index contributed by atoms with van der Waals surface area (Å²) in [6, 6.07) is 4.29. The van der Waals surface area contributed by atoms with Gasteiger partial charge in [0.25, 0.3) is 0 Å². The van der Waals surface area contributed by atoms with E-state index in [9.17, 15) is 9.59 Å². The molecule has 126 valence electrons. The second-order valence-electron chi connectivity index (χ2n) is 7.26. The molecule has 1 aromatic rings. The van der Waals surface area contributed by atoms with Gasteiger partial charge in [0.05, 0.1) is 6.54 Å². The van der Waals surface area contributed by atoms with E-state index in [-0.39, 0.29) is 17.9 Å². The molecule has 0 bridgehead atoms. The molecule has 23 heavy (non-hydrogen) atoms. The predicted octanol–water partition coefficient (Wildman–Crippen LogP) is 3.32. The van der Waals surface area contributed by atoms with E-state index in [4.69, 9.17) is 0 Å². The monoisotopic (exact) mass is 334 g/mol. The minimum absolute atomic E-state index is 0.0273. The van der Waals surface area contributed by atoms with Crippen molar-refractivity contribution in [3.63, 3.8) is 0 Å². The summed E-state index contributed by atoms with van der Waals surface area (Å²) in [5.41, 5.74) is -0.704. The number of nitrogens with zero attached hydrogens (tertiary/aromatic N) is 1. The Hall–Kier alpha value is -1.36. The molecule has 5 heteroatoms. The maximum atomic E-state index is 12.9. The van der Waals surface area contributed by atoms with E-state index in [1.54, 1.807) is 16.2 Å². The summed E-state index contributed by atoms with van der Waals surface area (Å²) < 4.78 is 0. The first-order valence-electron chi connectivity index (χ1n) is 8.63. The molecule has 0 aromatic carbocycles. The molecule has 2 heterocycles. The zero-order valence-electron chi connectivity index (χ0n) is 14.0. The molecule has 2 aliphatic rings. The maximum Gasteiger partial charge on any atom is 0.245 e. The molecule has 0 spiro atoms. The Kier molecular flexibility index (Phi) is 4.76. The van der Waals surface area contributed by atoms with E-state index in [2.05, 4.69) is 12.2 Å². The van der Waals surface area contributed by atoms with Crippen molar-refractivity contribution in [2.45, 2.75) is 70.5 Å². The van der Waals surface area contributed by atoms with Crippen molar-refractivity contribution >= 4 is 23.2 Å². The summed E-state index contributed by atoms with van der Waals surface area (Å²) in [6.45, 7) is 4.74. The summed E-state index contributed by atoms with van der Waals surface area (Å²) >= 11 is 1.63. The number of hydrogen-bond acceptors (Lipinski definition) is 3. The highest BCUT2D eigenvalue weighted by molar-refractivity contribution is 7.09. The van der Waals surface area contributed by atoms with Crippen LogP contribution >= 0.6 is 11.3 Å². The Morgan fingerprint density at radius 2 is 2.13 bits per heavy atom. The van der Waals surface area contributed by atoms with Crippen LogP contribution in [0.5, 0.6) is 0 Å². The van der Waals surface area contributed by atoms with Crippen molar-refractivity contribution in [3.05, 3.63) is 22.4 Å². The Bertz CT molecular complexity index is 564. The average Bonchev–Trinajstić information content (AvgIpc) is 3.14. The highest BCUT2D eigenvalue weighted by Crippen LogP contribution is 2.33. The van der Waals surface area contributed by atoms with Crippen LogP contribution in [0.4, 0.5) is 0 Å². The lowest BCUT2D eigenvalue weighted by molar-refractivity contribution is -0.141. The normalized spacial score (nSPS) is 31.4. The Labute approximate surface area is 142 Å². The van der Waals surface area contributed by atoms with E-state index in [1.165, 1.54) is 12.8 Å². The fourth-order valence-electron chi connectivity index (χ4n) is 3.70. The number of rotatable bonds is 4. The summed E-state index contributed by atoms with van der Waals surface area (Å²) in [7, 11) is 0. The fraction of sp³-hybridized carbons (Fsp3) is 0.667. The van der Waals surface area contributed by atoms with Gasteiger partial charge < -0.3 is 10.2 Å². The first-order valence-corrected chi connectivity index (χ1v) is 9.51. The van der Waals surface area contributed by atoms with Gasteiger partial charge in [-0.2, -0.15) is 0 Å². The van der Waals surface area contributed by atoms with Crippen LogP contribution in [0.3, 0.4) is 0 Å². The molecule has 2 amide bonds. The molecule has 2 fully saturated rings. The molecule has 1 atom stereocenters.